The van der Waals surface area contributed by atoms with Crippen LogP contribution in [-0.4, -0.2) is 19.7 Å². The zero-order valence-corrected chi connectivity index (χ0v) is 9.46. The Morgan fingerprint density at radius 3 is 2.88 bits per heavy atom. The molecule has 0 saturated heterocycles. The van der Waals surface area contributed by atoms with Gasteiger partial charge in [0, 0.05) is 31.4 Å². The van der Waals surface area contributed by atoms with Crippen molar-refractivity contribution in [2.24, 2.45) is 12.8 Å². The van der Waals surface area contributed by atoms with E-state index in [-0.39, 0.29) is 6.04 Å². The van der Waals surface area contributed by atoms with E-state index in [4.69, 9.17) is 5.73 Å². The highest BCUT2D eigenvalue weighted by molar-refractivity contribution is 5.22. The molecule has 0 radical (unpaired) electrons. The Labute approximate surface area is 94.3 Å². The maximum atomic E-state index is 6.13. The average molecular weight is 217 g/mol. The number of aromatic nitrogens is 4. The van der Waals surface area contributed by atoms with E-state index in [1.807, 2.05) is 26.1 Å². The normalized spacial score (nSPS) is 12.7. The Balaban J connectivity index is 2.18. The first-order chi connectivity index (χ1) is 7.68. The molecule has 0 aliphatic rings. The van der Waals surface area contributed by atoms with Crippen molar-refractivity contribution in [3.63, 3.8) is 0 Å². The van der Waals surface area contributed by atoms with Crippen molar-refractivity contribution in [1.82, 2.24) is 19.7 Å². The fraction of sp³-hybridized carbons (Fsp3) is 0.364. The van der Waals surface area contributed by atoms with E-state index < -0.39 is 0 Å². The van der Waals surface area contributed by atoms with Gasteiger partial charge in [-0.1, -0.05) is 6.07 Å². The minimum absolute atomic E-state index is 0.0865. The zero-order chi connectivity index (χ0) is 11.5. The number of hydrogen-bond donors (Lipinski definition) is 1. The summed E-state index contributed by atoms with van der Waals surface area (Å²) in [5.74, 6) is 0.885. The molecule has 1 unspecified atom stereocenters. The van der Waals surface area contributed by atoms with E-state index in [0.717, 1.165) is 17.1 Å². The molecule has 0 bridgehead atoms. The van der Waals surface area contributed by atoms with Gasteiger partial charge in [0.1, 0.15) is 12.2 Å². The van der Waals surface area contributed by atoms with Crippen molar-refractivity contribution in [1.29, 1.82) is 0 Å². The van der Waals surface area contributed by atoms with Gasteiger partial charge < -0.3 is 5.73 Å². The van der Waals surface area contributed by atoms with Crippen LogP contribution >= 0.6 is 0 Å². The predicted octanol–water partition coefficient (Wildman–Crippen LogP) is 0.761. The van der Waals surface area contributed by atoms with Gasteiger partial charge in [-0.25, -0.2) is 4.98 Å². The Morgan fingerprint density at radius 1 is 1.44 bits per heavy atom. The number of nitrogens with two attached hydrogens (primary N) is 1. The van der Waals surface area contributed by atoms with Crippen molar-refractivity contribution in [3.05, 3.63) is 41.7 Å². The molecule has 2 N–H and O–H groups in total. The van der Waals surface area contributed by atoms with Crippen LogP contribution in [0.2, 0.25) is 0 Å². The lowest BCUT2D eigenvalue weighted by molar-refractivity contribution is 0.625. The molecule has 5 heteroatoms. The third kappa shape index (κ3) is 2.09. The Kier molecular flexibility index (Phi) is 2.96. The van der Waals surface area contributed by atoms with Crippen molar-refractivity contribution >= 4 is 0 Å². The van der Waals surface area contributed by atoms with Gasteiger partial charge >= 0.3 is 0 Å². The first-order valence-electron chi connectivity index (χ1n) is 5.18. The fourth-order valence-electron chi connectivity index (χ4n) is 1.70. The molecule has 5 nitrogen and oxygen atoms in total. The number of aryl methyl sites for hydroxylation is 2. The predicted molar refractivity (Wildman–Crippen MR) is 60.6 cm³/mol. The molecule has 2 heterocycles. The van der Waals surface area contributed by atoms with Crippen molar-refractivity contribution in [2.75, 3.05) is 0 Å². The number of hydrogen-bond acceptors (Lipinski definition) is 4. The molecule has 0 amide bonds. The van der Waals surface area contributed by atoms with Crippen LogP contribution in [0.15, 0.2) is 24.7 Å². The number of nitrogens with zero attached hydrogens (tertiary/aromatic N) is 4. The van der Waals surface area contributed by atoms with Crippen LogP contribution in [0, 0.1) is 6.92 Å². The molecule has 2 rings (SSSR count). The molecule has 0 aromatic carbocycles. The molecule has 0 saturated carbocycles. The van der Waals surface area contributed by atoms with E-state index in [1.165, 1.54) is 6.33 Å². The summed E-state index contributed by atoms with van der Waals surface area (Å²) in [4.78, 5) is 8.39. The summed E-state index contributed by atoms with van der Waals surface area (Å²) in [6, 6.07) is 3.82. The van der Waals surface area contributed by atoms with Gasteiger partial charge in [-0.15, -0.1) is 0 Å². The third-order valence-electron chi connectivity index (χ3n) is 2.65. The van der Waals surface area contributed by atoms with Gasteiger partial charge in [0.15, 0.2) is 0 Å². The van der Waals surface area contributed by atoms with E-state index in [2.05, 4.69) is 15.1 Å². The standard InChI is InChI=1S/C11H15N5/c1-8-9(4-3-5-13-8)10(12)6-11-14-7-15-16(11)2/h3-5,7,10H,6,12H2,1-2H3. The summed E-state index contributed by atoms with van der Waals surface area (Å²) in [5.41, 5.74) is 8.17. The largest absolute Gasteiger partial charge is 0.324 e. The molecule has 0 spiro atoms. The molecular formula is C11H15N5. The first kappa shape index (κ1) is 10.8. The Morgan fingerprint density at radius 2 is 2.25 bits per heavy atom. The van der Waals surface area contributed by atoms with Gasteiger partial charge in [0.2, 0.25) is 0 Å². The van der Waals surface area contributed by atoms with Crippen LogP contribution in [0.1, 0.15) is 23.1 Å². The molecule has 16 heavy (non-hydrogen) atoms. The summed E-state index contributed by atoms with van der Waals surface area (Å²) < 4.78 is 1.74. The highest BCUT2D eigenvalue weighted by Gasteiger charge is 2.12. The minimum Gasteiger partial charge on any atom is -0.324 e. The Bertz CT molecular complexity index is 477. The van der Waals surface area contributed by atoms with Crippen LogP contribution < -0.4 is 5.73 Å². The molecular weight excluding hydrogens is 202 g/mol. The lowest BCUT2D eigenvalue weighted by Crippen LogP contribution is -2.17. The van der Waals surface area contributed by atoms with Gasteiger partial charge in [-0.2, -0.15) is 5.10 Å². The lowest BCUT2D eigenvalue weighted by atomic mass is 10.0. The van der Waals surface area contributed by atoms with Gasteiger partial charge in [0.05, 0.1) is 0 Å². The Hall–Kier alpha value is -1.75. The number of pyridine rings is 1. The fourth-order valence-corrected chi connectivity index (χ4v) is 1.70. The summed E-state index contributed by atoms with van der Waals surface area (Å²) >= 11 is 0. The van der Waals surface area contributed by atoms with Crippen LogP contribution in [0.25, 0.3) is 0 Å². The summed E-state index contributed by atoms with van der Waals surface area (Å²) in [6.07, 6.45) is 3.98. The van der Waals surface area contributed by atoms with E-state index in [1.54, 1.807) is 10.9 Å². The average Bonchev–Trinajstić information content (AvgIpc) is 2.65. The van der Waals surface area contributed by atoms with E-state index in [9.17, 15) is 0 Å². The third-order valence-corrected chi connectivity index (χ3v) is 2.65. The second kappa shape index (κ2) is 4.40. The van der Waals surface area contributed by atoms with Gasteiger partial charge in [-0.3, -0.25) is 9.67 Å². The van der Waals surface area contributed by atoms with E-state index >= 15 is 0 Å². The van der Waals surface area contributed by atoms with Crippen LogP contribution in [-0.2, 0) is 13.5 Å². The van der Waals surface area contributed by atoms with Crippen LogP contribution in [0.5, 0.6) is 0 Å². The molecule has 2 aromatic rings. The zero-order valence-electron chi connectivity index (χ0n) is 9.46. The molecule has 84 valence electrons. The highest BCUT2D eigenvalue weighted by Crippen LogP contribution is 2.16. The van der Waals surface area contributed by atoms with Crippen LogP contribution in [0.3, 0.4) is 0 Å². The summed E-state index contributed by atoms with van der Waals surface area (Å²) in [5, 5.41) is 4.02. The maximum Gasteiger partial charge on any atom is 0.138 e. The SMILES string of the molecule is Cc1ncccc1C(N)Cc1ncnn1C. The summed E-state index contributed by atoms with van der Waals surface area (Å²) in [7, 11) is 1.87. The van der Waals surface area contributed by atoms with Crippen molar-refractivity contribution in [2.45, 2.75) is 19.4 Å². The topological polar surface area (TPSA) is 69.6 Å². The van der Waals surface area contributed by atoms with Crippen molar-refractivity contribution < 1.29 is 0 Å². The second-order valence-corrected chi connectivity index (χ2v) is 3.79. The van der Waals surface area contributed by atoms with Gasteiger partial charge in [0.25, 0.3) is 0 Å². The highest BCUT2D eigenvalue weighted by atomic mass is 15.3. The smallest absolute Gasteiger partial charge is 0.138 e. The molecule has 0 fully saturated rings. The monoisotopic (exact) mass is 217 g/mol. The van der Waals surface area contributed by atoms with Crippen LogP contribution in [0.4, 0.5) is 0 Å². The first-order valence-corrected chi connectivity index (χ1v) is 5.18. The van der Waals surface area contributed by atoms with E-state index in [0.29, 0.717) is 6.42 Å². The quantitative estimate of drug-likeness (QED) is 0.824. The second-order valence-electron chi connectivity index (χ2n) is 3.79. The molecule has 0 aliphatic carbocycles. The van der Waals surface area contributed by atoms with Gasteiger partial charge in [-0.05, 0) is 18.6 Å². The molecule has 0 aliphatic heterocycles. The summed E-state index contributed by atoms with van der Waals surface area (Å²) in [6.45, 7) is 1.96. The molecule has 2 aromatic heterocycles. The van der Waals surface area contributed by atoms with Crippen molar-refractivity contribution in [3.8, 4) is 0 Å². The maximum absolute atomic E-state index is 6.13. The molecule has 1 atom stereocenters. The lowest BCUT2D eigenvalue weighted by Gasteiger charge is -2.13. The number of rotatable bonds is 3. The minimum atomic E-state index is -0.0865.